The van der Waals surface area contributed by atoms with Crippen LogP contribution in [-0.2, 0) is 6.54 Å². The predicted molar refractivity (Wildman–Crippen MR) is 102 cm³/mol. The number of nitrogens with zero attached hydrogens (tertiary/aromatic N) is 2. The Morgan fingerprint density at radius 2 is 1.88 bits per heavy atom. The van der Waals surface area contributed by atoms with Crippen LogP contribution in [0.5, 0.6) is 0 Å². The Labute approximate surface area is 153 Å². The van der Waals surface area contributed by atoms with E-state index in [4.69, 9.17) is 5.73 Å². The average molecular weight is 409 g/mol. The topological polar surface area (TPSA) is 101 Å². The molecule has 0 aliphatic rings. The van der Waals surface area contributed by atoms with Gasteiger partial charge in [-0.2, -0.15) is 0 Å². The molecule has 2 aromatic rings. The van der Waals surface area contributed by atoms with Crippen molar-refractivity contribution in [2.45, 2.75) is 33.2 Å². The van der Waals surface area contributed by atoms with E-state index in [0.717, 1.165) is 17.3 Å². The molecule has 7 nitrogen and oxygen atoms in total. The molecule has 1 aromatic heterocycles. The van der Waals surface area contributed by atoms with Crippen LogP contribution in [0.1, 0.15) is 37.0 Å². The summed E-state index contributed by atoms with van der Waals surface area (Å²) in [7, 11) is 0. The summed E-state index contributed by atoms with van der Waals surface area (Å²) < 4.78 is 2.15. The van der Waals surface area contributed by atoms with E-state index in [1.807, 2.05) is 6.92 Å². The molecule has 8 heteroatoms. The number of H-pyrrole nitrogens is 1. The zero-order chi connectivity index (χ0) is 18.6. The number of carbonyl (C=O) groups excluding carboxylic acids is 1. The van der Waals surface area contributed by atoms with Crippen molar-refractivity contribution in [2.75, 3.05) is 17.2 Å². The minimum atomic E-state index is -0.664. The number of unbranched alkanes of at least 4 members (excludes halogenated alkanes) is 1. The van der Waals surface area contributed by atoms with Gasteiger partial charge in [-0.05, 0) is 37.6 Å². The molecule has 3 N–H and O–H groups in total. The number of nitrogen functional groups attached to an aromatic ring is 1. The third-order valence-corrected chi connectivity index (χ3v) is 4.40. The Balaban J connectivity index is 2.53. The monoisotopic (exact) mass is 408 g/mol. The molecule has 134 valence electrons. The third kappa shape index (κ3) is 4.01. The van der Waals surface area contributed by atoms with E-state index in [0.29, 0.717) is 12.1 Å². The zero-order valence-corrected chi connectivity index (χ0v) is 15.8. The summed E-state index contributed by atoms with van der Waals surface area (Å²) in [4.78, 5) is 40.7. The Hall–Kier alpha value is -2.35. The average Bonchev–Trinajstić information content (AvgIpc) is 2.58. The molecular formula is C17H21BrN4O3. The van der Waals surface area contributed by atoms with Gasteiger partial charge in [-0.25, -0.2) is 4.79 Å². The van der Waals surface area contributed by atoms with Crippen LogP contribution in [-0.4, -0.2) is 22.0 Å². The molecule has 0 aliphatic carbocycles. The predicted octanol–water partition coefficient (Wildman–Crippen LogP) is 2.35. The summed E-state index contributed by atoms with van der Waals surface area (Å²) in [5, 5.41) is 0. The largest absolute Gasteiger partial charge is 0.383 e. The minimum Gasteiger partial charge on any atom is -0.383 e. The fourth-order valence-electron chi connectivity index (χ4n) is 2.53. The molecule has 0 atom stereocenters. The van der Waals surface area contributed by atoms with Crippen LogP contribution in [0.2, 0.25) is 0 Å². The summed E-state index contributed by atoms with van der Waals surface area (Å²) in [5.74, 6) is -0.345. The Morgan fingerprint density at radius 3 is 2.44 bits per heavy atom. The maximum atomic E-state index is 12.8. The number of rotatable bonds is 6. The van der Waals surface area contributed by atoms with Crippen molar-refractivity contribution in [3.63, 3.8) is 0 Å². The lowest BCUT2D eigenvalue weighted by molar-refractivity contribution is 0.0988. The first kappa shape index (κ1) is 19.0. The molecule has 1 aromatic carbocycles. The SMILES string of the molecule is CCCCn1c(N)c(N(CC)C(=O)c2ccc(Br)cc2)c(=O)[nH]c1=O. The molecule has 0 aliphatic heterocycles. The number of nitrogens with one attached hydrogen (secondary N) is 1. The van der Waals surface area contributed by atoms with Gasteiger partial charge in [0.15, 0.2) is 5.69 Å². The fraction of sp³-hybridized carbons (Fsp3) is 0.353. The van der Waals surface area contributed by atoms with Crippen molar-refractivity contribution in [2.24, 2.45) is 0 Å². The minimum absolute atomic E-state index is 0.00567. The lowest BCUT2D eigenvalue weighted by atomic mass is 10.2. The van der Waals surface area contributed by atoms with Gasteiger partial charge in [-0.1, -0.05) is 29.3 Å². The van der Waals surface area contributed by atoms with Crippen molar-refractivity contribution in [1.82, 2.24) is 9.55 Å². The van der Waals surface area contributed by atoms with Crippen molar-refractivity contribution >= 4 is 33.3 Å². The van der Waals surface area contributed by atoms with E-state index in [2.05, 4.69) is 20.9 Å². The number of halogens is 1. The normalized spacial score (nSPS) is 10.7. The highest BCUT2D eigenvalue weighted by atomic mass is 79.9. The fourth-order valence-corrected chi connectivity index (χ4v) is 2.79. The van der Waals surface area contributed by atoms with Gasteiger partial charge in [-0.3, -0.25) is 19.1 Å². The van der Waals surface area contributed by atoms with E-state index >= 15 is 0 Å². The molecule has 0 spiro atoms. The van der Waals surface area contributed by atoms with Gasteiger partial charge < -0.3 is 10.6 Å². The number of carbonyl (C=O) groups is 1. The van der Waals surface area contributed by atoms with Crippen molar-refractivity contribution in [1.29, 1.82) is 0 Å². The highest BCUT2D eigenvalue weighted by Gasteiger charge is 2.23. The van der Waals surface area contributed by atoms with E-state index in [9.17, 15) is 14.4 Å². The first-order valence-corrected chi connectivity index (χ1v) is 8.90. The van der Waals surface area contributed by atoms with Crippen molar-refractivity contribution < 1.29 is 4.79 Å². The number of aromatic nitrogens is 2. The van der Waals surface area contributed by atoms with E-state index in [1.165, 1.54) is 9.47 Å². The maximum Gasteiger partial charge on any atom is 0.330 e. The highest BCUT2D eigenvalue weighted by Crippen LogP contribution is 2.20. The number of benzene rings is 1. The molecule has 0 saturated heterocycles. The van der Waals surface area contributed by atoms with Gasteiger partial charge in [0.05, 0.1) is 0 Å². The number of hydrogen-bond donors (Lipinski definition) is 2. The van der Waals surface area contributed by atoms with E-state index in [-0.39, 0.29) is 24.0 Å². The van der Waals surface area contributed by atoms with Crippen molar-refractivity contribution in [3.05, 3.63) is 55.1 Å². The van der Waals surface area contributed by atoms with Gasteiger partial charge in [-0.15, -0.1) is 0 Å². The summed E-state index contributed by atoms with van der Waals surface area (Å²) in [6.07, 6.45) is 1.61. The molecule has 0 radical (unpaired) electrons. The number of aromatic amines is 1. The lowest BCUT2D eigenvalue weighted by Crippen LogP contribution is -2.41. The zero-order valence-electron chi connectivity index (χ0n) is 14.2. The van der Waals surface area contributed by atoms with Gasteiger partial charge >= 0.3 is 5.69 Å². The van der Waals surface area contributed by atoms with E-state index < -0.39 is 11.2 Å². The molecule has 0 unspecified atom stereocenters. The Morgan fingerprint density at radius 1 is 1.24 bits per heavy atom. The third-order valence-electron chi connectivity index (χ3n) is 3.87. The van der Waals surface area contributed by atoms with Gasteiger partial charge in [0, 0.05) is 23.1 Å². The van der Waals surface area contributed by atoms with Gasteiger partial charge in [0.1, 0.15) is 5.82 Å². The molecule has 0 saturated carbocycles. The number of hydrogen-bond acceptors (Lipinski definition) is 4. The first-order chi connectivity index (χ1) is 11.9. The highest BCUT2D eigenvalue weighted by molar-refractivity contribution is 9.10. The summed E-state index contributed by atoms with van der Waals surface area (Å²) in [6, 6.07) is 6.81. The molecule has 1 amide bonds. The van der Waals surface area contributed by atoms with Gasteiger partial charge in [0.2, 0.25) is 0 Å². The summed E-state index contributed by atoms with van der Waals surface area (Å²) in [6.45, 7) is 4.36. The second kappa shape index (κ2) is 8.15. The quantitative estimate of drug-likeness (QED) is 0.765. The second-order valence-corrected chi connectivity index (χ2v) is 6.47. The number of anilines is 2. The van der Waals surface area contributed by atoms with E-state index in [1.54, 1.807) is 31.2 Å². The molecule has 25 heavy (non-hydrogen) atoms. The lowest BCUT2D eigenvalue weighted by Gasteiger charge is -2.23. The first-order valence-electron chi connectivity index (χ1n) is 8.10. The number of nitrogens with two attached hydrogens (primary N) is 1. The number of amides is 1. The molecular weight excluding hydrogens is 388 g/mol. The Bertz CT molecular complexity index is 871. The van der Waals surface area contributed by atoms with Crippen LogP contribution in [0.3, 0.4) is 0 Å². The summed E-state index contributed by atoms with van der Waals surface area (Å²) >= 11 is 3.32. The van der Waals surface area contributed by atoms with Crippen LogP contribution < -0.4 is 21.9 Å². The Kier molecular flexibility index (Phi) is 6.19. The van der Waals surface area contributed by atoms with Gasteiger partial charge in [0.25, 0.3) is 11.5 Å². The van der Waals surface area contributed by atoms with Crippen molar-refractivity contribution in [3.8, 4) is 0 Å². The standard InChI is InChI=1S/C17H21BrN4O3/c1-3-5-10-22-14(19)13(15(23)20-17(22)25)21(4-2)16(24)11-6-8-12(18)9-7-11/h6-9H,3-5,10,19H2,1-2H3,(H,20,23,25). The van der Waals surface area contributed by atoms with Crippen LogP contribution in [0.25, 0.3) is 0 Å². The van der Waals surface area contributed by atoms with Crippen LogP contribution in [0.15, 0.2) is 38.3 Å². The van der Waals surface area contributed by atoms with Crippen LogP contribution in [0.4, 0.5) is 11.5 Å². The molecule has 0 bridgehead atoms. The maximum absolute atomic E-state index is 12.8. The molecule has 1 heterocycles. The second-order valence-electron chi connectivity index (χ2n) is 5.55. The smallest absolute Gasteiger partial charge is 0.330 e. The molecule has 2 rings (SSSR count). The summed E-state index contributed by atoms with van der Waals surface area (Å²) in [5.41, 5.74) is 5.29. The van der Waals surface area contributed by atoms with Crippen LogP contribution >= 0.6 is 15.9 Å². The van der Waals surface area contributed by atoms with Crippen LogP contribution in [0, 0.1) is 0 Å². The molecule has 0 fully saturated rings.